The van der Waals surface area contributed by atoms with Gasteiger partial charge >= 0.3 is 6.03 Å². The van der Waals surface area contributed by atoms with E-state index in [9.17, 15) is 19.5 Å². The summed E-state index contributed by atoms with van der Waals surface area (Å²) in [5.74, 6) is -0.529. The number of urea groups is 1. The van der Waals surface area contributed by atoms with Crippen molar-refractivity contribution in [3.63, 3.8) is 0 Å². The highest BCUT2D eigenvalue weighted by atomic mass is 79.9. The Labute approximate surface area is 279 Å². The number of aromatic hydroxyl groups is 1. The molecular weight excluding hydrogens is 704 g/mol. The number of benzene rings is 2. The zero-order valence-electron chi connectivity index (χ0n) is 24.9. The van der Waals surface area contributed by atoms with Gasteiger partial charge in [0.05, 0.1) is 14.9 Å². The molecular formula is C33H36Br2N6O4. The maximum atomic E-state index is 14.0. The predicted molar refractivity (Wildman–Crippen MR) is 179 cm³/mol. The van der Waals surface area contributed by atoms with Gasteiger partial charge in [0.25, 0.3) is 0 Å². The molecule has 0 radical (unpaired) electrons. The van der Waals surface area contributed by atoms with Gasteiger partial charge in [-0.15, -0.1) is 0 Å². The third-order valence-corrected chi connectivity index (χ3v) is 10.3. The van der Waals surface area contributed by atoms with Crippen molar-refractivity contribution >= 4 is 61.1 Å². The van der Waals surface area contributed by atoms with Gasteiger partial charge in [0.2, 0.25) is 11.8 Å². The van der Waals surface area contributed by atoms with Gasteiger partial charge in [-0.05, 0) is 92.6 Å². The number of nitrogens with zero attached hydrogens (tertiary/aromatic N) is 5. The maximum Gasteiger partial charge on any atom is 0.322 e. The van der Waals surface area contributed by atoms with E-state index >= 15 is 0 Å². The Morgan fingerprint density at radius 2 is 1.60 bits per heavy atom. The summed E-state index contributed by atoms with van der Waals surface area (Å²) >= 11 is 6.80. The zero-order chi connectivity index (χ0) is 31.5. The number of fused-ring (bicyclic) bond motifs is 1. The van der Waals surface area contributed by atoms with Crippen LogP contribution in [0, 0.1) is 5.92 Å². The first-order valence-electron chi connectivity index (χ1n) is 15.3. The summed E-state index contributed by atoms with van der Waals surface area (Å²) in [6.07, 6.45) is 5.39. The molecule has 4 heterocycles. The molecule has 12 heteroatoms. The average molecular weight is 740 g/mol. The molecule has 3 aromatic rings. The van der Waals surface area contributed by atoms with Crippen molar-refractivity contribution in [2.45, 2.75) is 38.3 Å². The lowest BCUT2D eigenvalue weighted by molar-refractivity contribution is -0.142. The number of likely N-dealkylation sites (tertiary alicyclic amines) is 1. The quantitative estimate of drug-likeness (QED) is 0.343. The van der Waals surface area contributed by atoms with E-state index in [1.165, 1.54) is 0 Å². The van der Waals surface area contributed by atoms with Gasteiger partial charge in [-0.1, -0.05) is 18.2 Å². The second kappa shape index (κ2) is 13.8. The van der Waals surface area contributed by atoms with E-state index in [2.05, 4.69) is 47.1 Å². The van der Waals surface area contributed by atoms with Crippen LogP contribution in [0.15, 0.2) is 69.9 Å². The molecule has 0 unspecified atom stereocenters. The number of phenols is 1. The third kappa shape index (κ3) is 7.12. The first-order chi connectivity index (χ1) is 21.8. The Kier molecular flexibility index (Phi) is 9.60. The topological polar surface area (TPSA) is 109 Å². The number of hydrogen-bond donors (Lipinski definition) is 2. The van der Waals surface area contributed by atoms with Gasteiger partial charge in [-0.25, -0.2) is 4.79 Å². The van der Waals surface area contributed by atoms with Crippen LogP contribution in [0.1, 0.15) is 30.4 Å². The van der Waals surface area contributed by atoms with E-state index in [1.807, 2.05) is 51.1 Å². The molecule has 1 aromatic heterocycles. The van der Waals surface area contributed by atoms with Crippen LogP contribution < -0.4 is 10.2 Å². The summed E-state index contributed by atoms with van der Waals surface area (Å²) < 4.78 is 1.06. The van der Waals surface area contributed by atoms with Gasteiger partial charge in [0, 0.05) is 82.0 Å². The zero-order valence-corrected chi connectivity index (χ0v) is 28.0. The van der Waals surface area contributed by atoms with Gasteiger partial charge in [0.15, 0.2) is 0 Å². The number of pyridine rings is 1. The number of aromatic nitrogens is 1. The van der Waals surface area contributed by atoms with E-state index in [1.54, 1.807) is 24.5 Å². The number of amides is 4. The molecule has 2 saturated heterocycles. The molecule has 10 nitrogen and oxygen atoms in total. The van der Waals surface area contributed by atoms with Gasteiger partial charge < -0.3 is 30.0 Å². The molecule has 3 aliphatic rings. The van der Waals surface area contributed by atoms with Crippen LogP contribution in [-0.4, -0.2) is 87.9 Å². The number of phenolic OH excluding ortho intramolecular Hbond substituents is 1. The van der Waals surface area contributed by atoms with E-state index in [4.69, 9.17) is 0 Å². The van der Waals surface area contributed by atoms with E-state index in [-0.39, 0.29) is 36.1 Å². The number of carbonyl (C=O) groups excluding carboxylic acids is 3. The van der Waals surface area contributed by atoms with Crippen molar-refractivity contribution in [3.05, 3.63) is 81.0 Å². The number of nitrogens with one attached hydrogen (secondary N) is 1. The molecule has 1 atom stereocenters. The van der Waals surface area contributed by atoms with Crippen LogP contribution in [0.5, 0.6) is 5.75 Å². The van der Waals surface area contributed by atoms with Crippen molar-refractivity contribution in [2.75, 3.05) is 49.5 Å². The molecule has 6 rings (SSSR count). The van der Waals surface area contributed by atoms with Crippen LogP contribution in [0.4, 0.5) is 16.2 Å². The Hall–Kier alpha value is -3.64. The summed E-state index contributed by atoms with van der Waals surface area (Å²) in [4.78, 5) is 52.5. The Morgan fingerprint density at radius 1 is 0.933 bits per heavy atom. The van der Waals surface area contributed by atoms with Gasteiger partial charge in [-0.2, -0.15) is 0 Å². The van der Waals surface area contributed by atoms with Crippen molar-refractivity contribution in [2.24, 2.45) is 5.92 Å². The fourth-order valence-electron chi connectivity index (χ4n) is 6.55. The number of piperidine rings is 1. The summed E-state index contributed by atoms with van der Waals surface area (Å²) in [6.45, 7) is 4.18. The van der Waals surface area contributed by atoms with Gasteiger partial charge in [-0.3, -0.25) is 14.6 Å². The normalized spacial score (nSPS) is 18.0. The molecule has 0 aliphatic carbocycles. The lowest BCUT2D eigenvalue weighted by Gasteiger charge is -2.41. The Morgan fingerprint density at radius 3 is 2.29 bits per heavy atom. The second-order valence-corrected chi connectivity index (χ2v) is 13.6. The fourth-order valence-corrected chi connectivity index (χ4v) is 7.83. The van der Waals surface area contributed by atoms with Gasteiger partial charge in [0.1, 0.15) is 5.75 Å². The summed E-state index contributed by atoms with van der Waals surface area (Å²) in [5.41, 5.74) is 3.88. The molecule has 45 heavy (non-hydrogen) atoms. The molecule has 3 aliphatic heterocycles. The van der Waals surface area contributed by atoms with Crippen molar-refractivity contribution < 1.29 is 19.5 Å². The molecule has 0 bridgehead atoms. The molecule has 2 N–H and O–H groups in total. The number of rotatable bonds is 7. The third-order valence-electron chi connectivity index (χ3n) is 9.07. The second-order valence-electron chi connectivity index (χ2n) is 11.9. The molecule has 4 amide bonds. The van der Waals surface area contributed by atoms with Crippen LogP contribution in [0.25, 0.3) is 0 Å². The highest BCUT2D eigenvalue weighted by Crippen LogP contribution is 2.35. The largest absolute Gasteiger partial charge is 0.506 e. The first kappa shape index (κ1) is 31.3. The lowest BCUT2D eigenvalue weighted by Crippen LogP contribution is -2.52. The number of carbonyl (C=O) groups is 3. The van der Waals surface area contributed by atoms with Crippen LogP contribution >= 0.6 is 31.9 Å². The summed E-state index contributed by atoms with van der Waals surface area (Å²) in [7, 11) is 0. The predicted octanol–water partition coefficient (Wildman–Crippen LogP) is 5.25. The van der Waals surface area contributed by atoms with Crippen molar-refractivity contribution in [1.29, 1.82) is 0 Å². The van der Waals surface area contributed by atoms with Crippen LogP contribution in [-0.2, 0) is 22.6 Å². The standard InChI is InChI=1S/C33H36Br2N6O4/c34-27-18-22(19-28(35)31(27)43)17-24(32(44)40-15-13-38(14-16-40)25-5-9-36-10-6-25)20-30(42)39-11-7-26(8-12-39)41-21-23-3-1-2-4-29(23)37-33(41)45/h1-6,9-10,18-19,24,26,43H,7-8,11-17,20-21H2,(H,37,45)/t24-/m1/s1. The minimum atomic E-state index is -0.546. The molecule has 0 saturated carbocycles. The highest BCUT2D eigenvalue weighted by molar-refractivity contribution is 9.11. The number of halogens is 2. The minimum Gasteiger partial charge on any atom is -0.506 e. The molecule has 2 fully saturated rings. The highest BCUT2D eigenvalue weighted by Gasteiger charge is 2.35. The van der Waals surface area contributed by atoms with Crippen molar-refractivity contribution in [3.8, 4) is 5.75 Å². The average Bonchev–Trinajstić information content (AvgIpc) is 3.06. The molecule has 236 valence electrons. The molecule has 2 aromatic carbocycles. The van der Waals surface area contributed by atoms with E-state index in [0.717, 1.165) is 22.5 Å². The number of anilines is 2. The SMILES string of the molecule is O=C(C[C@@H](Cc1cc(Br)c(O)c(Br)c1)C(=O)N1CCN(c2ccncc2)CC1)N1CCC(N2Cc3ccccc3NC2=O)CC1. The Bertz CT molecular complexity index is 1530. The maximum absolute atomic E-state index is 14.0. The van der Waals surface area contributed by atoms with E-state index < -0.39 is 5.92 Å². The first-order valence-corrected chi connectivity index (χ1v) is 16.9. The fraction of sp³-hybridized carbons (Fsp3) is 0.394. The van der Waals surface area contributed by atoms with E-state index in [0.29, 0.717) is 74.0 Å². The summed E-state index contributed by atoms with van der Waals surface area (Å²) in [6, 6.07) is 15.3. The summed E-state index contributed by atoms with van der Waals surface area (Å²) in [5, 5.41) is 13.2. The Balaban J connectivity index is 1.11. The van der Waals surface area contributed by atoms with Crippen LogP contribution in [0.3, 0.4) is 0 Å². The van der Waals surface area contributed by atoms with Crippen LogP contribution in [0.2, 0.25) is 0 Å². The number of hydrogen-bond acceptors (Lipinski definition) is 6. The minimum absolute atomic E-state index is 0.0309. The lowest BCUT2D eigenvalue weighted by atomic mass is 9.92. The van der Waals surface area contributed by atoms with Crippen molar-refractivity contribution in [1.82, 2.24) is 19.7 Å². The number of para-hydroxylation sites is 1. The smallest absolute Gasteiger partial charge is 0.322 e. The molecule has 0 spiro atoms. The number of piperazine rings is 1. The monoisotopic (exact) mass is 738 g/mol.